The molecule has 1 aliphatic rings. The van der Waals surface area contributed by atoms with E-state index in [0.717, 1.165) is 42.8 Å². The van der Waals surface area contributed by atoms with Gasteiger partial charge in [-0.25, -0.2) is 0 Å². The number of amides is 1. The van der Waals surface area contributed by atoms with Crippen LogP contribution in [0.3, 0.4) is 0 Å². The van der Waals surface area contributed by atoms with Crippen molar-refractivity contribution in [3.05, 3.63) is 69.2 Å². The highest BCUT2D eigenvalue weighted by Crippen LogP contribution is 2.23. The summed E-state index contributed by atoms with van der Waals surface area (Å²) < 4.78 is 0.857. The molecule has 0 bridgehead atoms. The Morgan fingerprint density at radius 3 is 2.50 bits per heavy atom. The number of likely N-dealkylation sites (N-methyl/N-ethyl adjacent to an activating group) is 1. The number of benzene rings is 2. The third-order valence-electron chi connectivity index (χ3n) is 4.72. The molecule has 1 N–H and O–H groups in total. The normalized spacial score (nSPS) is 17.0. The van der Waals surface area contributed by atoms with Crippen molar-refractivity contribution < 1.29 is 4.79 Å². The Bertz CT molecular complexity index is 748. The number of carbonyl (C=O) groups is 1. The molecule has 0 aliphatic carbocycles. The standard InChI is InChI=1S/C20H23BrClN3O/c1-24-9-11-25(12-10-24)14-19(15-5-3-2-4-6-15)23-20(26)17-8-7-16(21)13-18(17)22/h2-8,13,19H,9-12,14H2,1H3,(H,23,26). The van der Waals surface area contributed by atoms with E-state index in [1.165, 1.54) is 0 Å². The lowest BCUT2D eigenvalue weighted by Gasteiger charge is -2.35. The molecular weight excluding hydrogens is 414 g/mol. The Morgan fingerprint density at radius 2 is 1.85 bits per heavy atom. The summed E-state index contributed by atoms with van der Waals surface area (Å²) in [5.74, 6) is -0.148. The van der Waals surface area contributed by atoms with Crippen molar-refractivity contribution in [1.82, 2.24) is 15.1 Å². The molecule has 2 aromatic rings. The topological polar surface area (TPSA) is 35.6 Å². The van der Waals surface area contributed by atoms with E-state index >= 15 is 0 Å². The van der Waals surface area contributed by atoms with Gasteiger partial charge < -0.3 is 10.2 Å². The van der Waals surface area contributed by atoms with Gasteiger partial charge in [0.2, 0.25) is 0 Å². The van der Waals surface area contributed by atoms with Gasteiger partial charge in [-0.2, -0.15) is 0 Å². The molecule has 0 saturated carbocycles. The molecular formula is C20H23BrClN3O. The largest absolute Gasteiger partial charge is 0.344 e. The summed E-state index contributed by atoms with van der Waals surface area (Å²) in [5.41, 5.74) is 1.60. The summed E-state index contributed by atoms with van der Waals surface area (Å²) in [6, 6.07) is 15.4. The average Bonchev–Trinajstić information content (AvgIpc) is 2.63. The molecule has 1 aliphatic heterocycles. The first-order valence-corrected chi connectivity index (χ1v) is 9.92. The molecule has 1 amide bonds. The van der Waals surface area contributed by atoms with E-state index in [-0.39, 0.29) is 11.9 Å². The van der Waals surface area contributed by atoms with Gasteiger partial charge in [0.25, 0.3) is 5.91 Å². The Kier molecular flexibility index (Phi) is 6.70. The summed E-state index contributed by atoms with van der Waals surface area (Å²) in [6.45, 7) is 4.91. The molecule has 0 spiro atoms. The molecule has 3 rings (SSSR count). The van der Waals surface area contributed by atoms with Gasteiger partial charge in [-0.05, 0) is 30.8 Å². The van der Waals surface area contributed by atoms with Crippen molar-refractivity contribution in [1.29, 1.82) is 0 Å². The zero-order valence-corrected chi connectivity index (χ0v) is 17.1. The van der Waals surface area contributed by atoms with Crippen molar-refractivity contribution >= 4 is 33.4 Å². The quantitative estimate of drug-likeness (QED) is 0.774. The van der Waals surface area contributed by atoms with Crippen LogP contribution in [0.1, 0.15) is 22.0 Å². The maximum atomic E-state index is 12.8. The SMILES string of the molecule is CN1CCN(CC(NC(=O)c2ccc(Br)cc2Cl)c2ccccc2)CC1. The van der Waals surface area contributed by atoms with Crippen LogP contribution in [0.15, 0.2) is 53.0 Å². The molecule has 1 atom stereocenters. The Hall–Kier alpha value is -1.40. The lowest BCUT2D eigenvalue weighted by molar-refractivity contribution is 0.0907. The first-order valence-electron chi connectivity index (χ1n) is 8.74. The van der Waals surface area contributed by atoms with Gasteiger partial charge in [0.1, 0.15) is 0 Å². The maximum absolute atomic E-state index is 12.8. The van der Waals surface area contributed by atoms with E-state index in [0.29, 0.717) is 10.6 Å². The van der Waals surface area contributed by atoms with Crippen LogP contribution in [-0.2, 0) is 0 Å². The van der Waals surface area contributed by atoms with Gasteiger partial charge >= 0.3 is 0 Å². The minimum absolute atomic E-state index is 0.0770. The zero-order valence-electron chi connectivity index (χ0n) is 14.8. The van der Waals surface area contributed by atoms with Crippen LogP contribution in [0, 0.1) is 0 Å². The van der Waals surface area contributed by atoms with Crippen LogP contribution in [0.5, 0.6) is 0 Å². The van der Waals surface area contributed by atoms with Crippen LogP contribution in [0.4, 0.5) is 0 Å². The van der Waals surface area contributed by atoms with Crippen molar-refractivity contribution in [2.24, 2.45) is 0 Å². The Morgan fingerprint density at radius 1 is 1.15 bits per heavy atom. The number of halogens is 2. The monoisotopic (exact) mass is 435 g/mol. The smallest absolute Gasteiger partial charge is 0.253 e. The van der Waals surface area contributed by atoms with Crippen LogP contribution in [0.25, 0.3) is 0 Å². The molecule has 6 heteroatoms. The molecule has 26 heavy (non-hydrogen) atoms. The Labute approximate surface area is 168 Å². The summed E-state index contributed by atoms with van der Waals surface area (Å²) >= 11 is 9.63. The van der Waals surface area contributed by atoms with Gasteiger partial charge in [0.15, 0.2) is 0 Å². The van der Waals surface area contributed by atoms with Crippen LogP contribution in [-0.4, -0.2) is 55.5 Å². The van der Waals surface area contributed by atoms with E-state index in [4.69, 9.17) is 11.6 Å². The fourth-order valence-corrected chi connectivity index (χ4v) is 3.88. The molecule has 1 heterocycles. The molecule has 1 fully saturated rings. The fraction of sp³-hybridized carbons (Fsp3) is 0.350. The van der Waals surface area contributed by atoms with Crippen molar-refractivity contribution in [3.63, 3.8) is 0 Å². The fourth-order valence-electron chi connectivity index (χ4n) is 3.12. The highest BCUT2D eigenvalue weighted by molar-refractivity contribution is 9.10. The summed E-state index contributed by atoms with van der Waals surface area (Å²) in [7, 11) is 2.14. The number of hydrogen-bond donors (Lipinski definition) is 1. The third kappa shape index (κ3) is 5.07. The minimum Gasteiger partial charge on any atom is -0.344 e. The van der Waals surface area contributed by atoms with E-state index in [9.17, 15) is 4.79 Å². The second-order valence-corrected chi connectivity index (χ2v) is 7.99. The van der Waals surface area contributed by atoms with Crippen LogP contribution < -0.4 is 5.32 Å². The molecule has 1 unspecified atom stereocenters. The molecule has 1 saturated heterocycles. The lowest BCUT2D eigenvalue weighted by Crippen LogP contribution is -2.47. The molecule has 0 radical (unpaired) electrons. The number of piperazine rings is 1. The van der Waals surface area contributed by atoms with Crippen molar-refractivity contribution in [3.8, 4) is 0 Å². The first kappa shape index (κ1) is 19.4. The van der Waals surface area contributed by atoms with Crippen LogP contribution in [0.2, 0.25) is 5.02 Å². The van der Waals surface area contributed by atoms with E-state index < -0.39 is 0 Å². The van der Waals surface area contributed by atoms with Gasteiger partial charge in [-0.1, -0.05) is 57.9 Å². The first-order chi connectivity index (χ1) is 12.5. The lowest BCUT2D eigenvalue weighted by atomic mass is 10.0. The van der Waals surface area contributed by atoms with E-state index in [1.807, 2.05) is 24.3 Å². The van der Waals surface area contributed by atoms with Crippen molar-refractivity contribution in [2.45, 2.75) is 6.04 Å². The van der Waals surface area contributed by atoms with E-state index in [1.54, 1.807) is 12.1 Å². The van der Waals surface area contributed by atoms with Gasteiger partial charge in [0.05, 0.1) is 16.6 Å². The highest BCUT2D eigenvalue weighted by atomic mass is 79.9. The molecule has 138 valence electrons. The maximum Gasteiger partial charge on any atom is 0.253 e. The highest BCUT2D eigenvalue weighted by Gasteiger charge is 2.22. The van der Waals surface area contributed by atoms with Gasteiger partial charge in [-0.15, -0.1) is 0 Å². The molecule has 4 nitrogen and oxygen atoms in total. The second-order valence-electron chi connectivity index (χ2n) is 6.66. The predicted molar refractivity (Wildman–Crippen MR) is 110 cm³/mol. The number of nitrogens with zero attached hydrogens (tertiary/aromatic N) is 2. The number of hydrogen-bond acceptors (Lipinski definition) is 3. The molecule has 2 aromatic carbocycles. The second kappa shape index (κ2) is 9.00. The number of nitrogens with one attached hydrogen (secondary N) is 1. The summed E-state index contributed by atoms with van der Waals surface area (Å²) in [4.78, 5) is 17.5. The number of rotatable bonds is 5. The van der Waals surface area contributed by atoms with E-state index in [2.05, 4.69) is 50.2 Å². The zero-order chi connectivity index (χ0) is 18.5. The van der Waals surface area contributed by atoms with Gasteiger partial charge in [0, 0.05) is 37.2 Å². The minimum atomic E-state index is -0.148. The molecule has 0 aromatic heterocycles. The summed E-state index contributed by atoms with van der Waals surface area (Å²) in [6.07, 6.45) is 0. The number of carbonyl (C=O) groups excluding carboxylic acids is 1. The van der Waals surface area contributed by atoms with Gasteiger partial charge in [-0.3, -0.25) is 9.69 Å². The average molecular weight is 437 g/mol. The summed E-state index contributed by atoms with van der Waals surface area (Å²) in [5, 5.41) is 3.62. The Balaban J connectivity index is 1.76. The van der Waals surface area contributed by atoms with Crippen LogP contribution >= 0.6 is 27.5 Å². The van der Waals surface area contributed by atoms with Crippen molar-refractivity contribution in [2.75, 3.05) is 39.8 Å². The third-order valence-corrected chi connectivity index (χ3v) is 5.53. The predicted octanol–water partition coefficient (Wildman–Crippen LogP) is 3.82.